The van der Waals surface area contributed by atoms with Gasteiger partial charge >= 0.3 is 0 Å². The third-order valence-electron chi connectivity index (χ3n) is 2.25. The van der Waals surface area contributed by atoms with Crippen molar-refractivity contribution in [3.63, 3.8) is 0 Å². The van der Waals surface area contributed by atoms with Crippen molar-refractivity contribution in [1.82, 2.24) is 9.97 Å². The molecule has 5 heteroatoms. The molecule has 1 rings (SSSR count). The average Bonchev–Trinajstić information content (AvgIpc) is 2.23. The molecule has 0 aliphatic carbocycles. The minimum absolute atomic E-state index is 0.105. The molecule has 1 aromatic heterocycles. The van der Waals surface area contributed by atoms with Crippen LogP contribution in [0.1, 0.15) is 37.7 Å². The number of methoxy groups -OCH3 is 1. The molecular weight excluding hydrogens is 272 g/mol. The smallest absolute Gasteiger partial charge is 0.265 e. The van der Waals surface area contributed by atoms with Crippen LogP contribution >= 0.6 is 15.9 Å². The molecule has 0 spiro atoms. The molecule has 0 bridgehead atoms. The molecule has 1 aromatic rings. The maximum Gasteiger partial charge on any atom is 0.265 e. The molecule has 0 atom stereocenters. The average molecular weight is 289 g/mol. The van der Waals surface area contributed by atoms with Crippen LogP contribution in [0, 0.1) is 0 Å². The van der Waals surface area contributed by atoms with Crippen molar-refractivity contribution < 1.29 is 4.74 Å². The van der Waals surface area contributed by atoms with Gasteiger partial charge in [0.1, 0.15) is 10.3 Å². The molecule has 0 aliphatic heterocycles. The highest BCUT2D eigenvalue weighted by Gasteiger charge is 2.11. The van der Waals surface area contributed by atoms with E-state index < -0.39 is 0 Å². The van der Waals surface area contributed by atoms with Gasteiger partial charge in [-0.25, -0.2) is 4.98 Å². The van der Waals surface area contributed by atoms with Gasteiger partial charge in [-0.05, 0) is 28.3 Å². The van der Waals surface area contributed by atoms with Gasteiger partial charge < -0.3 is 9.72 Å². The Kier molecular flexibility index (Phi) is 5.15. The van der Waals surface area contributed by atoms with Crippen molar-refractivity contribution in [3.8, 4) is 0 Å². The molecular formula is C11H17BrN2O2. The molecule has 0 fully saturated rings. The lowest BCUT2D eigenvalue weighted by molar-refractivity contribution is 0.194. The lowest BCUT2D eigenvalue weighted by Gasteiger charge is -2.09. The Morgan fingerprint density at radius 1 is 1.50 bits per heavy atom. The third kappa shape index (κ3) is 3.42. The lowest BCUT2D eigenvalue weighted by atomic mass is 10.1. The molecule has 0 amide bonds. The van der Waals surface area contributed by atoms with E-state index in [0.29, 0.717) is 11.1 Å². The molecule has 16 heavy (non-hydrogen) atoms. The van der Waals surface area contributed by atoms with E-state index in [4.69, 9.17) is 4.74 Å². The zero-order valence-corrected chi connectivity index (χ0v) is 11.4. The SMILES string of the molecule is COCCCc1nc(C(C)C)c(Br)c(=O)[nH]1. The molecule has 0 unspecified atom stereocenters. The standard InChI is InChI=1S/C11H17BrN2O2/c1-7(2)10-9(12)11(15)14-8(13-10)5-4-6-16-3/h7H,4-6H2,1-3H3,(H,13,14,15). The molecule has 90 valence electrons. The molecule has 0 saturated heterocycles. The first-order chi connectivity index (χ1) is 7.56. The summed E-state index contributed by atoms with van der Waals surface area (Å²) < 4.78 is 5.51. The van der Waals surface area contributed by atoms with Crippen LogP contribution < -0.4 is 5.56 Å². The van der Waals surface area contributed by atoms with Gasteiger partial charge in [0, 0.05) is 20.1 Å². The van der Waals surface area contributed by atoms with Crippen LogP contribution in [0.15, 0.2) is 9.27 Å². The van der Waals surface area contributed by atoms with Gasteiger partial charge in [0.25, 0.3) is 5.56 Å². The van der Waals surface area contributed by atoms with E-state index in [2.05, 4.69) is 25.9 Å². The predicted octanol–water partition coefficient (Wildman–Crippen LogP) is 2.23. The van der Waals surface area contributed by atoms with Crippen LogP contribution in [-0.4, -0.2) is 23.7 Å². The van der Waals surface area contributed by atoms with Crippen molar-refractivity contribution in [1.29, 1.82) is 0 Å². The Balaban J connectivity index is 2.91. The van der Waals surface area contributed by atoms with Crippen LogP contribution in [0.2, 0.25) is 0 Å². The fourth-order valence-electron chi connectivity index (χ4n) is 1.41. The van der Waals surface area contributed by atoms with Crippen molar-refractivity contribution in [2.24, 2.45) is 0 Å². The summed E-state index contributed by atoms with van der Waals surface area (Å²) >= 11 is 3.27. The number of aromatic nitrogens is 2. The molecule has 1 heterocycles. The number of hydrogen-bond donors (Lipinski definition) is 1. The highest BCUT2D eigenvalue weighted by Crippen LogP contribution is 2.18. The maximum atomic E-state index is 11.6. The van der Waals surface area contributed by atoms with E-state index in [1.165, 1.54) is 0 Å². The number of halogens is 1. The van der Waals surface area contributed by atoms with E-state index >= 15 is 0 Å². The highest BCUT2D eigenvalue weighted by atomic mass is 79.9. The van der Waals surface area contributed by atoms with E-state index in [1.54, 1.807) is 7.11 Å². The van der Waals surface area contributed by atoms with E-state index in [1.807, 2.05) is 13.8 Å². The fraction of sp³-hybridized carbons (Fsp3) is 0.636. The van der Waals surface area contributed by atoms with Crippen molar-refractivity contribution in [3.05, 3.63) is 26.3 Å². The monoisotopic (exact) mass is 288 g/mol. The predicted molar refractivity (Wildman–Crippen MR) is 66.8 cm³/mol. The van der Waals surface area contributed by atoms with Crippen LogP contribution in [0.25, 0.3) is 0 Å². The summed E-state index contributed by atoms with van der Waals surface area (Å²) in [5.74, 6) is 0.965. The van der Waals surface area contributed by atoms with Gasteiger partial charge in [-0.2, -0.15) is 0 Å². The summed E-state index contributed by atoms with van der Waals surface area (Å²) in [6.07, 6.45) is 1.59. The topological polar surface area (TPSA) is 55.0 Å². The largest absolute Gasteiger partial charge is 0.385 e. The van der Waals surface area contributed by atoms with Crippen LogP contribution in [0.3, 0.4) is 0 Å². The van der Waals surface area contributed by atoms with Crippen molar-refractivity contribution in [2.45, 2.75) is 32.6 Å². The zero-order chi connectivity index (χ0) is 12.1. The lowest BCUT2D eigenvalue weighted by Crippen LogP contribution is -2.16. The van der Waals surface area contributed by atoms with Crippen LogP contribution in [0.5, 0.6) is 0 Å². The number of ether oxygens (including phenoxy) is 1. The maximum absolute atomic E-state index is 11.6. The Bertz CT molecular complexity index is 401. The molecule has 0 aromatic carbocycles. The minimum Gasteiger partial charge on any atom is -0.385 e. The second-order valence-corrected chi connectivity index (χ2v) is 4.76. The summed E-state index contributed by atoms with van der Waals surface area (Å²) in [7, 11) is 1.66. The first-order valence-electron chi connectivity index (χ1n) is 5.33. The summed E-state index contributed by atoms with van der Waals surface area (Å²) in [5, 5.41) is 0. The fourth-order valence-corrected chi connectivity index (χ4v) is 2.06. The van der Waals surface area contributed by atoms with Gasteiger partial charge in [-0.15, -0.1) is 0 Å². The Morgan fingerprint density at radius 2 is 2.19 bits per heavy atom. The van der Waals surface area contributed by atoms with E-state index in [0.717, 1.165) is 24.4 Å². The minimum atomic E-state index is -0.105. The normalized spacial score (nSPS) is 11.1. The summed E-state index contributed by atoms with van der Waals surface area (Å²) in [5.41, 5.74) is 0.710. The first kappa shape index (κ1) is 13.4. The second-order valence-electron chi connectivity index (χ2n) is 3.96. The molecule has 0 aliphatic rings. The number of aryl methyl sites for hydroxylation is 1. The van der Waals surface area contributed by atoms with Gasteiger partial charge in [0.15, 0.2) is 0 Å². The summed E-state index contributed by atoms with van der Waals surface area (Å²) in [4.78, 5) is 18.8. The van der Waals surface area contributed by atoms with Crippen LogP contribution in [0.4, 0.5) is 0 Å². The number of H-pyrrole nitrogens is 1. The summed E-state index contributed by atoms with van der Waals surface area (Å²) in [6.45, 7) is 4.72. The summed E-state index contributed by atoms with van der Waals surface area (Å²) in [6, 6.07) is 0. The molecule has 1 N–H and O–H groups in total. The number of aromatic amines is 1. The zero-order valence-electron chi connectivity index (χ0n) is 9.84. The number of hydrogen-bond acceptors (Lipinski definition) is 3. The van der Waals surface area contributed by atoms with Crippen molar-refractivity contribution in [2.75, 3.05) is 13.7 Å². The molecule has 0 radical (unpaired) electrons. The third-order valence-corrected chi connectivity index (χ3v) is 3.01. The van der Waals surface area contributed by atoms with Gasteiger partial charge in [0.05, 0.1) is 5.69 Å². The van der Waals surface area contributed by atoms with Crippen molar-refractivity contribution >= 4 is 15.9 Å². The van der Waals surface area contributed by atoms with E-state index in [9.17, 15) is 4.79 Å². The van der Waals surface area contributed by atoms with Gasteiger partial charge in [0.2, 0.25) is 0 Å². The van der Waals surface area contributed by atoms with Gasteiger partial charge in [-0.1, -0.05) is 13.8 Å². The Hall–Kier alpha value is -0.680. The Morgan fingerprint density at radius 3 is 2.75 bits per heavy atom. The van der Waals surface area contributed by atoms with Gasteiger partial charge in [-0.3, -0.25) is 4.79 Å². The number of rotatable bonds is 5. The number of nitrogens with one attached hydrogen (secondary N) is 1. The molecule has 0 saturated carbocycles. The highest BCUT2D eigenvalue weighted by molar-refractivity contribution is 9.10. The van der Waals surface area contributed by atoms with E-state index in [-0.39, 0.29) is 11.5 Å². The molecule has 4 nitrogen and oxygen atoms in total. The first-order valence-corrected chi connectivity index (χ1v) is 6.13. The quantitative estimate of drug-likeness (QED) is 0.846. The number of nitrogens with zero attached hydrogens (tertiary/aromatic N) is 1. The Labute approximate surface area is 104 Å². The van der Waals surface area contributed by atoms with Crippen LogP contribution in [-0.2, 0) is 11.2 Å². The second kappa shape index (κ2) is 6.15.